The van der Waals surface area contributed by atoms with Gasteiger partial charge in [-0.3, -0.25) is 14.4 Å². The van der Waals surface area contributed by atoms with E-state index in [2.05, 4.69) is 21.2 Å². The molecule has 4 fully saturated rings. The van der Waals surface area contributed by atoms with Crippen LogP contribution in [0, 0.1) is 17.8 Å². The molecule has 0 radical (unpaired) electrons. The van der Waals surface area contributed by atoms with E-state index in [0.717, 1.165) is 37.0 Å². The summed E-state index contributed by atoms with van der Waals surface area (Å²) in [7, 11) is 2.97. The van der Waals surface area contributed by atoms with E-state index in [0.29, 0.717) is 22.9 Å². The van der Waals surface area contributed by atoms with Gasteiger partial charge in [0.2, 0.25) is 5.91 Å². The molecular formula is C24H32N4O5. The van der Waals surface area contributed by atoms with E-state index < -0.39 is 11.8 Å². The zero-order chi connectivity index (χ0) is 23.6. The van der Waals surface area contributed by atoms with Gasteiger partial charge in [-0.1, -0.05) is 0 Å². The molecule has 178 valence electrons. The van der Waals surface area contributed by atoms with Crippen LogP contribution in [-0.2, 0) is 14.4 Å². The number of hydrazone groups is 1. The summed E-state index contributed by atoms with van der Waals surface area (Å²) in [6.07, 6.45) is 7.24. The average Bonchev–Trinajstić information content (AvgIpc) is 2.76. The number of methoxy groups -OCH3 is 2. The molecule has 1 aromatic rings. The molecule has 3 amide bonds. The Morgan fingerprint density at radius 2 is 1.64 bits per heavy atom. The molecule has 9 heteroatoms. The molecule has 4 aliphatic rings. The van der Waals surface area contributed by atoms with Gasteiger partial charge in [0.25, 0.3) is 0 Å². The quantitative estimate of drug-likeness (QED) is 0.331. The predicted molar refractivity (Wildman–Crippen MR) is 123 cm³/mol. The van der Waals surface area contributed by atoms with Crippen LogP contribution in [0.25, 0.3) is 0 Å². The number of nitrogens with one attached hydrogen (secondary N) is 3. The monoisotopic (exact) mass is 456 g/mol. The molecule has 4 bridgehead atoms. The van der Waals surface area contributed by atoms with Crippen LogP contribution >= 0.6 is 0 Å². The van der Waals surface area contributed by atoms with Crippen molar-refractivity contribution in [2.45, 2.75) is 57.4 Å². The molecule has 0 saturated heterocycles. The molecule has 3 N–H and O–H groups in total. The summed E-state index contributed by atoms with van der Waals surface area (Å²) >= 11 is 0. The number of carbonyl (C=O) groups excluding carboxylic acids is 3. The molecule has 0 aromatic heterocycles. The number of carbonyl (C=O) groups is 3. The Kier molecular flexibility index (Phi) is 6.58. The maximum Gasteiger partial charge on any atom is 0.329 e. The minimum Gasteiger partial charge on any atom is -0.497 e. The van der Waals surface area contributed by atoms with Gasteiger partial charge in [0.1, 0.15) is 11.5 Å². The van der Waals surface area contributed by atoms with Crippen LogP contribution in [0.1, 0.15) is 51.9 Å². The topological polar surface area (TPSA) is 118 Å². The van der Waals surface area contributed by atoms with Gasteiger partial charge >= 0.3 is 11.8 Å². The number of hydrogen-bond acceptors (Lipinski definition) is 6. The third-order valence-corrected chi connectivity index (χ3v) is 7.07. The number of amides is 3. The maximum absolute atomic E-state index is 12.7. The summed E-state index contributed by atoms with van der Waals surface area (Å²) in [5.41, 5.74) is 2.91. The summed E-state index contributed by atoms with van der Waals surface area (Å²) in [5, 5.41) is 9.70. The van der Waals surface area contributed by atoms with Crippen LogP contribution in [0.5, 0.6) is 11.5 Å². The molecule has 0 atom stereocenters. The van der Waals surface area contributed by atoms with Gasteiger partial charge in [-0.15, -0.1) is 0 Å². The van der Waals surface area contributed by atoms with Gasteiger partial charge in [0.05, 0.1) is 26.3 Å². The van der Waals surface area contributed by atoms with E-state index in [4.69, 9.17) is 9.47 Å². The van der Waals surface area contributed by atoms with Crippen molar-refractivity contribution in [1.29, 1.82) is 0 Å². The highest BCUT2D eigenvalue weighted by Crippen LogP contribution is 2.55. The van der Waals surface area contributed by atoms with E-state index in [1.807, 2.05) is 0 Å². The van der Waals surface area contributed by atoms with Crippen molar-refractivity contribution in [3.05, 3.63) is 18.2 Å². The van der Waals surface area contributed by atoms with Crippen molar-refractivity contribution < 1.29 is 23.9 Å². The normalized spacial score (nSPS) is 27.6. The fraction of sp³-hybridized carbons (Fsp3) is 0.583. The average molecular weight is 457 g/mol. The molecule has 0 heterocycles. The number of anilines is 1. The summed E-state index contributed by atoms with van der Waals surface area (Å²) in [4.78, 5) is 37.1. The van der Waals surface area contributed by atoms with Crippen LogP contribution in [0.4, 0.5) is 5.69 Å². The van der Waals surface area contributed by atoms with Crippen molar-refractivity contribution in [2.75, 3.05) is 19.5 Å². The fourth-order valence-corrected chi connectivity index (χ4v) is 6.15. The minimum absolute atomic E-state index is 0.0628. The van der Waals surface area contributed by atoms with Gasteiger partial charge in [-0.25, -0.2) is 5.43 Å². The van der Waals surface area contributed by atoms with Gasteiger partial charge < -0.3 is 20.1 Å². The fourth-order valence-electron chi connectivity index (χ4n) is 6.15. The van der Waals surface area contributed by atoms with E-state index in [1.165, 1.54) is 33.5 Å². The summed E-state index contributed by atoms with van der Waals surface area (Å²) < 4.78 is 10.3. The standard InChI is InChI=1S/C24H32N4O5/c1-14(6-21(29)26-24-11-15-7-16(12-24)9-17(8-15)13-24)27-28-23(31)22(30)25-19-5-4-18(32-2)10-20(19)33-3/h4-5,10,15-17H,6-9,11-13H2,1-3H3,(H,25,30)(H,26,29)(H,28,31). The lowest BCUT2D eigenvalue weighted by molar-refractivity contribution is -0.136. The summed E-state index contributed by atoms with van der Waals surface area (Å²) in [5.74, 6) is 1.23. The predicted octanol–water partition coefficient (Wildman–Crippen LogP) is 2.61. The smallest absolute Gasteiger partial charge is 0.329 e. The molecule has 5 rings (SSSR count). The molecule has 0 unspecified atom stereocenters. The highest BCUT2D eigenvalue weighted by molar-refractivity contribution is 6.39. The van der Waals surface area contributed by atoms with Crippen LogP contribution in [0.2, 0.25) is 0 Å². The highest BCUT2D eigenvalue weighted by Gasteiger charge is 2.51. The first-order chi connectivity index (χ1) is 15.8. The van der Waals surface area contributed by atoms with Crippen LogP contribution in [0.3, 0.4) is 0 Å². The van der Waals surface area contributed by atoms with Gasteiger partial charge in [-0.2, -0.15) is 5.10 Å². The number of benzene rings is 1. The van der Waals surface area contributed by atoms with Crippen molar-refractivity contribution in [2.24, 2.45) is 22.9 Å². The molecule has 4 aliphatic carbocycles. The lowest BCUT2D eigenvalue weighted by Crippen LogP contribution is -2.60. The Hall–Kier alpha value is -3.10. The van der Waals surface area contributed by atoms with Crippen LogP contribution in [-0.4, -0.2) is 43.2 Å². The largest absolute Gasteiger partial charge is 0.497 e. The van der Waals surface area contributed by atoms with E-state index in [9.17, 15) is 14.4 Å². The van der Waals surface area contributed by atoms with Crippen LogP contribution < -0.4 is 25.5 Å². The number of rotatable bonds is 7. The number of ether oxygens (including phenoxy) is 2. The number of nitrogens with zero attached hydrogens (tertiary/aromatic N) is 1. The Morgan fingerprint density at radius 1 is 1.00 bits per heavy atom. The first-order valence-corrected chi connectivity index (χ1v) is 11.5. The summed E-state index contributed by atoms with van der Waals surface area (Å²) in [6.45, 7) is 1.66. The zero-order valence-electron chi connectivity index (χ0n) is 19.4. The molecule has 4 saturated carbocycles. The summed E-state index contributed by atoms with van der Waals surface area (Å²) in [6, 6.07) is 4.81. The van der Waals surface area contributed by atoms with Crippen molar-refractivity contribution in [1.82, 2.24) is 10.7 Å². The van der Waals surface area contributed by atoms with Crippen molar-refractivity contribution in [3.8, 4) is 11.5 Å². The lowest BCUT2D eigenvalue weighted by atomic mass is 9.53. The van der Waals surface area contributed by atoms with Gasteiger partial charge in [0, 0.05) is 17.3 Å². The second-order valence-electron chi connectivity index (χ2n) is 9.73. The van der Waals surface area contributed by atoms with E-state index in [1.54, 1.807) is 25.1 Å². The lowest BCUT2D eigenvalue weighted by Gasteiger charge is -2.56. The zero-order valence-corrected chi connectivity index (χ0v) is 19.4. The molecule has 9 nitrogen and oxygen atoms in total. The molecule has 0 aliphatic heterocycles. The Bertz CT molecular complexity index is 938. The third kappa shape index (κ3) is 5.29. The third-order valence-electron chi connectivity index (χ3n) is 7.07. The van der Waals surface area contributed by atoms with Crippen molar-refractivity contribution >= 4 is 29.1 Å². The van der Waals surface area contributed by atoms with Crippen molar-refractivity contribution in [3.63, 3.8) is 0 Å². The van der Waals surface area contributed by atoms with Gasteiger partial charge in [-0.05, 0) is 75.3 Å². The van der Waals surface area contributed by atoms with E-state index in [-0.39, 0.29) is 17.9 Å². The first-order valence-electron chi connectivity index (χ1n) is 11.5. The Morgan fingerprint density at radius 3 is 2.21 bits per heavy atom. The van der Waals surface area contributed by atoms with Gasteiger partial charge in [0.15, 0.2) is 0 Å². The Balaban J connectivity index is 1.27. The second-order valence-corrected chi connectivity index (χ2v) is 9.73. The molecular weight excluding hydrogens is 424 g/mol. The highest BCUT2D eigenvalue weighted by atomic mass is 16.5. The Labute approximate surface area is 193 Å². The van der Waals surface area contributed by atoms with Crippen LogP contribution in [0.15, 0.2) is 23.3 Å². The molecule has 33 heavy (non-hydrogen) atoms. The second kappa shape index (κ2) is 9.41. The maximum atomic E-state index is 12.7. The SMILES string of the molecule is COc1ccc(NC(=O)C(=O)NN=C(C)CC(=O)NC23CC4CC(CC(C4)C2)C3)c(OC)c1. The van der Waals surface area contributed by atoms with E-state index >= 15 is 0 Å². The minimum atomic E-state index is -0.936. The number of hydrogen-bond donors (Lipinski definition) is 3. The molecule has 1 aromatic carbocycles. The molecule has 0 spiro atoms. The first kappa shape index (κ1) is 23.1.